The number of anilines is 1. The van der Waals surface area contributed by atoms with E-state index in [1.165, 1.54) is 6.33 Å². The Balaban J connectivity index is 1.70. The van der Waals surface area contributed by atoms with Crippen molar-refractivity contribution in [3.05, 3.63) is 36.0 Å². The minimum Gasteiger partial charge on any atom is -0.399 e. The van der Waals surface area contributed by atoms with Crippen LogP contribution in [0.2, 0.25) is 0 Å². The van der Waals surface area contributed by atoms with Gasteiger partial charge >= 0.3 is 0 Å². The Morgan fingerprint density at radius 3 is 3.05 bits per heavy atom. The van der Waals surface area contributed by atoms with Crippen LogP contribution < -0.4 is 11.1 Å². The number of H-pyrrole nitrogens is 2. The van der Waals surface area contributed by atoms with Gasteiger partial charge in [-0.05, 0) is 18.2 Å². The molecule has 0 aliphatic heterocycles. The summed E-state index contributed by atoms with van der Waals surface area (Å²) in [5, 5.41) is 16.8. The fraction of sp³-hybridized carbons (Fsp3) is 0.167. The van der Waals surface area contributed by atoms with Crippen molar-refractivity contribution >= 4 is 22.5 Å². The topological polar surface area (TPSA) is 125 Å². The number of nitrogens with one attached hydrogen (secondary N) is 3. The first-order valence-electron chi connectivity index (χ1n) is 6.10. The van der Waals surface area contributed by atoms with Gasteiger partial charge in [-0.15, -0.1) is 0 Å². The molecule has 102 valence electrons. The number of benzene rings is 1. The first kappa shape index (κ1) is 12.2. The SMILES string of the molecule is Nc1ccc2[nH]nc(C(=O)NCCc3ncn[nH]3)c2c1. The molecule has 0 saturated carbocycles. The lowest BCUT2D eigenvalue weighted by Gasteiger charge is -2.02. The van der Waals surface area contributed by atoms with Crippen molar-refractivity contribution in [1.82, 2.24) is 30.7 Å². The van der Waals surface area contributed by atoms with Gasteiger partial charge in [-0.25, -0.2) is 4.98 Å². The molecule has 0 spiro atoms. The molecule has 20 heavy (non-hydrogen) atoms. The summed E-state index contributed by atoms with van der Waals surface area (Å²) in [6, 6.07) is 5.28. The molecule has 2 heterocycles. The van der Waals surface area contributed by atoms with Gasteiger partial charge in [-0.1, -0.05) is 0 Å². The summed E-state index contributed by atoms with van der Waals surface area (Å²) in [6.45, 7) is 0.449. The lowest BCUT2D eigenvalue weighted by atomic mass is 10.2. The Hall–Kier alpha value is -2.90. The van der Waals surface area contributed by atoms with Crippen LogP contribution in [0.5, 0.6) is 0 Å². The van der Waals surface area contributed by atoms with Crippen molar-refractivity contribution in [2.45, 2.75) is 6.42 Å². The maximum Gasteiger partial charge on any atom is 0.272 e. The molecular formula is C12H13N7O. The highest BCUT2D eigenvalue weighted by Crippen LogP contribution is 2.18. The molecule has 1 amide bonds. The van der Waals surface area contributed by atoms with Gasteiger partial charge in [0.25, 0.3) is 5.91 Å². The first-order valence-corrected chi connectivity index (χ1v) is 6.10. The monoisotopic (exact) mass is 271 g/mol. The number of fused-ring (bicyclic) bond motifs is 1. The molecule has 0 fully saturated rings. The third-order valence-electron chi connectivity index (χ3n) is 2.91. The fourth-order valence-corrected chi connectivity index (χ4v) is 1.93. The van der Waals surface area contributed by atoms with E-state index in [2.05, 4.69) is 30.7 Å². The number of carbonyl (C=O) groups excluding carboxylic acids is 1. The summed E-state index contributed by atoms with van der Waals surface area (Å²) < 4.78 is 0. The molecule has 5 N–H and O–H groups in total. The lowest BCUT2D eigenvalue weighted by Crippen LogP contribution is -2.26. The molecular weight excluding hydrogens is 258 g/mol. The predicted molar refractivity (Wildman–Crippen MR) is 72.9 cm³/mol. The van der Waals surface area contributed by atoms with Gasteiger partial charge in [-0.3, -0.25) is 15.0 Å². The van der Waals surface area contributed by atoms with Gasteiger partial charge in [0.05, 0.1) is 5.52 Å². The molecule has 8 heteroatoms. The van der Waals surface area contributed by atoms with Crippen molar-refractivity contribution in [2.75, 3.05) is 12.3 Å². The van der Waals surface area contributed by atoms with Crippen LogP contribution in [0.1, 0.15) is 16.3 Å². The Labute approximate surface area is 113 Å². The second-order valence-corrected chi connectivity index (χ2v) is 4.32. The number of nitrogen functional groups attached to an aromatic ring is 1. The van der Waals surface area contributed by atoms with Crippen molar-refractivity contribution < 1.29 is 4.79 Å². The summed E-state index contributed by atoms with van der Waals surface area (Å²) in [6.07, 6.45) is 2.01. The van der Waals surface area contributed by atoms with Crippen LogP contribution in [0, 0.1) is 0 Å². The number of aromatic amines is 2. The molecule has 3 rings (SSSR count). The third kappa shape index (κ3) is 2.30. The Morgan fingerprint density at radius 2 is 2.25 bits per heavy atom. The van der Waals surface area contributed by atoms with Crippen molar-refractivity contribution in [1.29, 1.82) is 0 Å². The number of rotatable bonds is 4. The number of aromatic nitrogens is 5. The van der Waals surface area contributed by atoms with E-state index in [1.807, 2.05) is 0 Å². The van der Waals surface area contributed by atoms with Crippen molar-refractivity contribution in [3.63, 3.8) is 0 Å². The van der Waals surface area contributed by atoms with Gasteiger partial charge in [0.1, 0.15) is 12.2 Å². The summed E-state index contributed by atoms with van der Waals surface area (Å²) >= 11 is 0. The number of amides is 1. The molecule has 0 bridgehead atoms. The zero-order valence-corrected chi connectivity index (χ0v) is 10.6. The van der Waals surface area contributed by atoms with Gasteiger partial charge < -0.3 is 11.1 Å². The number of nitrogens with two attached hydrogens (primary N) is 1. The highest BCUT2D eigenvalue weighted by Gasteiger charge is 2.13. The Kier molecular flexibility index (Phi) is 3.04. The molecule has 0 atom stereocenters. The predicted octanol–water partition coefficient (Wildman–Crippen LogP) is 0.236. The summed E-state index contributed by atoms with van der Waals surface area (Å²) in [4.78, 5) is 16.1. The van der Waals surface area contributed by atoms with E-state index < -0.39 is 0 Å². The van der Waals surface area contributed by atoms with Crippen molar-refractivity contribution in [3.8, 4) is 0 Å². The average Bonchev–Trinajstić information content (AvgIpc) is 3.07. The van der Waals surface area contributed by atoms with Crippen LogP contribution in [-0.4, -0.2) is 37.8 Å². The van der Waals surface area contributed by atoms with E-state index in [0.29, 0.717) is 29.7 Å². The van der Waals surface area contributed by atoms with Gasteiger partial charge in [0.2, 0.25) is 0 Å². The highest BCUT2D eigenvalue weighted by molar-refractivity contribution is 6.05. The first-order chi connectivity index (χ1) is 9.74. The Bertz CT molecular complexity index is 731. The Morgan fingerprint density at radius 1 is 1.35 bits per heavy atom. The van der Waals surface area contributed by atoms with Crippen LogP contribution in [0.4, 0.5) is 5.69 Å². The second-order valence-electron chi connectivity index (χ2n) is 4.32. The molecule has 3 aromatic rings. The minimum atomic E-state index is -0.249. The van der Waals surface area contributed by atoms with E-state index in [4.69, 9.17) is 5.73 Å². The summed E-state index contributed by atoms with van der Waals surface area (Å²) in [5.74, 6) is 0.475. The number of hydrogen-bond donors (Lipinski definition) is 4. The minimum absolute atomic E-state index is 0.249. The number of nitrogens with zero attached hydrogens (tertiary/aromatic N) is 3. The molecule has 2 aromatic heterocycles. The van der Waals surface area contributed by atoms with E-state index in [1.54, 1.807) is 18.2 Å². The van der Waals surface area contributed by atoms with Crippen LogP contribution in [0.15, 0.2) is 24.5 Å². The molecule has 0 saturated heterocycles. The molecule has 0 aliphatic rings. The molecule has 0 unspecified atom stereocenters. The fourth-order valence-electron chi connectivity index (χ4n) is 1.93. The zero-order chi connectivity index (χ0) is 13.9. The smallest absolute Gasteiger partial charge is 0.272 e. The summed E-state index contributed by atoms with van der Waals surface area (Å²) in [7, 11) is 0. The molecule has 1 aromatic carbocycles. The molecule has 0 aliphatic carbocycles. The normalized spacial score (nSPS) is 10.8. The van der Waals surface area contributed by atoms with E-state index in [9.17, 15) is 4.79 Å². The van der Waals surface area contributed by atoms with Gasteiger partial charge in [-0.2, -0.15) is 10.2 Å². The lowest BCUT2D eigenvalue weighted by molar-refractivity contribution is 0.0950. The van der Waals surface area contributed by atoms with Crippen LogP contribution in [0.3, 0.4) is 0 Å². The van der Waals surface area contributed by atoms with E-state index >= 15 is 0 Å². The van der Waals surface area contributed by atoms with Gasteiger partial charge in [0.15, 0.2) is 5.69 Å². The van der Waals surface area contributed by atoms with Crippen LogP contribution in [0.25, 0.3) is 10.9 Å². The standard InChI is InChI=1S/C12H13N7O/c13-7-1-2-9-8(5-7)11(19-17-9)12(20)14-4-3-10-15-6-16-18-10/h1-2,5-6H,3-4,13H2,(H,14,20)(H,17,19)(H,15,16,18). The second kappa shape index (κ2) is 5.00. The third-order valence-corrected chi connectivity index (χ3v) is 2.91. The van der Waals surface area contributed by atoms with Crippen molar-refractivity contribution in [2.24, 2.45) is 0 Å². The molecule has 0 radical (unpaired) electrons. The van der Waals surface area contributed by atoms with E-state index in [0.717, 1.165) is 11.3 Å². The van der Waals surface area contributed by atoms with Crippen LogP contribution >= 0.6 is 0 Å². The maximum atomic E-state index is 12.1. The number of hydrogen-bond acceptors (Lipinski definition) is 5. The zero-order valence-electron chi connectivity index (χ0n) is 10.6. The largest absolute Gasteiger partial charge is 0.399 e. The maximum absolute atomic E-state index is 12.1. The highest BCUT2D eigenvalue weighted by atomic mass is 16.1. The summed E-state index contributed by atoms with van der Waals surface area (Å²) in [5.41, 5.74) is 7.43. The molecule has 8 nitrogen and oxygen atoms in total. The van der Waals surface area contributed by atoms with E-state index in [-0.39, 0.29) is 5.91 Å². The average molecular weight is 271 g/mol. The van der Waals surface area contributed by atoms with Gasteiger partial charge in [0, 0.05) is 24.0 Å². The quantitative estimate of drug-likeness (QED) is 0.506. The van der Waals surface area contributed by atoms with Crippen LogP contribution in [-0.2, 0) is 6.42 Å². The number of carbonyl (C=O) groups is 1.